The van der Waals surface area contributed by atoms with Crippen molar-refractivity contribution in [1.29, 1.82) is 0 Å². The molecule has 106 valence electrons. The lowest BCUT2D eigenvalue weighted by Crippen LogP contribution is -2.10. The molecule has 1 aromatic rings. The molecule has 0 atom stereocenters. The number of Topliss-reactive ketones (excluding diaryl/α,β-unsaturated/α-hetero) is 1. The second kappa shape index (κ2) is 5.73. The second-order valence-corrected chi connectivity index (χ2v) is 4.30. The molecule has 0 aromatic heterocycles. The maximum Gasteiger partial charge on any atom is 0.338 e. The van der Waals surface area contributed by atoms with E-state index >= 15 is 0 Å². The predicted octanol–water partition coefficient (Wildman–Crippen LogP) is 1.50. The van der Waals surface area contributed by atoms with Crippen LogP contribution in [0.3, 0.4) is 0 Å². The standard InChI is InChI=1S/C14H14O6/c1-8(15)19-4-3-12(16)11-6-10-9(5-13(11)18-2)7-20-14(10)17/h5-6H,3-4,7H2,1-2H3. The minimum absolute atomic E-state index is 0.00114. The molecule has 0 spiro atoms. The molecule has 1 aromatic carbocycles. The van der Waals surface area contributed by atoms with E-state index in [1.54, 1.807) is 6.07 Å². The van der Waals surface area contributed by atoms with Crippen LogP contribution in [0, 0.1) is 0 Å². The molecule has 0 aliphatic carbocycles. The lowest BCUT2D eigenvalue weighted by Gasteiger charge is -2.09. The highest BCUT2D eigenvalue weighted by Crippen LogP contribution is 2.29. The van der Waals surface area contributed by atoms with E-state index in [1.165, 1.54) is 20.1 Å². The monoisotopic (exact) mass is 278 g/mol. The fourth-order valence-electron chi connectivity index (χ4n) is 1.96. The normalized spacial score (nSPS) is 12.6. The van der Waals surface area contributed by atoms with Gasteiger partial charge >= 0.3 is 11.9 Å². The fourth-order valence-corrected chi connectivity index (χ4v) is 1.96. The molecule has 0 fully saturated rings. The quantitative estimate of drug-likeness (QED) is 0.600. The number of carbonyl (C=O) groups is 3. The Morgan fingerprint density at radius 2 is 2.10 bits per heavy atom. The lowest BCUT2D eigenvalue weighted by atomic mass is 10.0. The van der Waals surface area contributed by atoms with Crippen molar-refractivity contribution in [2.75, 3.05) is 13.7 Å². The van der Waals surface area contributed by atoms with Crippen LogP contribution in [0.1, 0.15) is 39.6 Å². The predicted molar refractivity (Wildman–Crippen MR) is 67.7 cm³/mol. The number of hydrogen-bond donors (Lipinski definition) is 0. The van der Waals surface area contributed by atoms with Gasteiger partial charge in [-0.25, -0.2) is 4.79 Å². The molecule has 0 N–H and O–H groups in total. The molecule has 20 heavy (non-hydrogen) atoms. The van der Waals surface area contributed by atoms with Gasteiger partial charge < -0.3 is 14.2 Å². The largest absolute Gasteiger partial charge is 0.496 e. The van der Waals surface area contributed by atoms with Gasteiger partial charge in [-0.3, -0.25) is 9.59 Å². The number of ether oxygens (including phenoxy) is 3. The highest BCUT2D eigenvalue weighted by molar-refractivity contribution is 6.03. The number of benzene rings is 1. The molecule has 1 aliphatic rings. The van der Waals surface area contributed by atoms with Crippen molar-refractivity contribution >= 4 is 17.7 Å². The van der Waals surface area contributed by atoms with Crippen LogP contribution in [0.5, 0.6) is 5.75 Å². The Hall–Kier alpha value is -2.37. The molecule has 0 amide bonds. The summed E-state index contributed by atoms with van der Waals surface area (Å²) in [7, 11) is 1.45. The van der Waals surface area contributed by atoms with Gasteiger partial charge in [-0.1, -0.05) is 0 Å². The first-order valence-corrected chi connectivity index (χ1v) is 6.07. The third-order valence-corrected chi connectivity index (χ3v) is 2.94. The van der Waals surface area contributed by atoms with Crippen molar-refractivity contribution in [2.24, 2.45) is 0 Å². The van der Waals surface area contributed by atoms with E-state index in [0.29, 0.717) is 16.9 Å². The van der Waals surface area contributed by atoms with Crippen molar-refractivity contribution in [1.82, 2.24) is 0 Å². The number of methoxy groups -OCH3 is 1. The average Bonchev–Trinajstić information content (AvgIpc) is 2.77. The van der Waals surface area contributed by atoms with E-state index in [9.17, 15) is 14.4 Å². The van der Waals surface area contributed by atoms with Gasteiger partial charge in [0.05, 0.1) is 24.8 Å². The van der Waals surface area contributed by atoms with Gasteiger partial charge in [-0.2, -0.15) is 0 Å². The summed E-state index contributed by atoms with van der Waals surface area (Å²) in [5, 5.41) is 0. The number of rotatable bonds is 5. The molecule has 6 nitrogen and oxygen atoms in total. The molecular weight excluding hydrogens is 264 g/mol. The number of fused-ring (bicyclic) bond motifs is 1. The van der Waals surface area contributed by atoms with Gasteiger partial charge in [0, 0.05) is 18.9 Å². The van der Waals surface area contributed by atoms with E-state index in [4.69, 9.17) is 14.2 Å². The van der Waals surface area contributed by atoms with Crippen LogP contribution < -0.4 is 4.74 Å². The third-order valence-electron chi connectivity index (χ3n) is 2.94. The summed E-state index contributed by atoms with van der Waals surface area (Å²) < 4.78 is 14.8. The summed E-state index contributed by atoms with van der Waals surface area (Å²) in [5.74, 6) is -0.764. The molecule has 2 rings (SSSR count). The molecule has 6 heteroatoms. The fraction of sp³-hybridized carbons (Fsp3) is 0.357. The molecule has 1 heterocycles. The number of ketones is 1. The van der Waals surface area contributed by atoms with Crippen LogP contribution in [-0.4, -0.2) is 31.4 Å². The van der Waals surface area contributed by atoms with Gasteiger partial charge in [0.25, 0.3) is 0 Å². The molecule has 0 saturated carbocycles. The molecule has 0 unspecified atom stereocenters. The Bertz CT molecular complexity index is 575. The number of carbonyl (C=O) groups excluding carboxylic acids is 3. The zero-order valence-electron chi connectivity index (χ0n) is 11.2. The van der Waals surface area contributed by atoms with E-state index in [-0.39, 0.29) is 31.0 Å². The molecule has 0 radical (unpaired) electrons. The zero-order valence-corrected chi connectivity index (χ0v) is 11.2. The van der Waals surface area contributed by atoms with Crippen LogP contribution >= 0.6 is 0 Å². The highest BCUT2D eigenvalue weighted by Gasteiger charge is 2.25. The Morgan fingerprint density at radius 1 is 1.35 bits per heavy atom. The van der Waals surface area contributed by atoms with Crippen LogP contribution in [0.2, 0.25) is 0 Å². The summed E-state index contributed by atoms with van der Waals surface area (Å²) in [6.45, 7) is 1.46. The van der Waals surface area contributed by atoms with Crippen LogP contribution in [0.25, 0.3) is 0 Å². The van der Waals surface area contributed by atoms with Crippen molar-refractivity contribution < 1.29 is 28.6 Å². The first kappa shape index (κ1) is 14.0. The van der Waals surface area contributed by atoms with E-state index in [2.05, 4.69) is 0 Å². The van der Waals surface area contributed by atoms with Gasteiger partial charge in [-0.05, 0) is 12.1 Å². The van der Waals surface area contributed by atoms with Crippen LogP contribution in [0.4, 0.5) is 0 Å². The smallest absolute Gasteiger partial charge is 0.338 e. The SMILES string of the molecule is COc1cc2c(cc1C(=O)CCOC(C)=O)C(=O)OC2. The van der Waals surface area contributed by atoms with Crippen molar-refractivity contribution in [3.8, 4) is 5.75 Å². The molecule has 0 saturated heterocycles. The van der Waals surface area contributed by atoms with Gasteiger partial charge in [0.2, 0.25) is 0 Å². The summed E-state index contributed by atoms with van der Waals surface area (Å²) in [6, 6.07) is 3.10. The van der Waals surface area contributed by atoms with Crippen molar-refractivity contribution in [3.63, 3.8) is 0 Å². The topological polar surface area (TPSA) is 78.9 Å². The van der Waals surface area contributed by atoms with Gasteiger partial charge in [0.15, 0.2) is 5.78 Å². The third kappa shape index (κ3) is 2.79. The number of cyclic esters (lactones) is 1. The summed E-state index contributed by atoms with van der Waals surface area (Å²) >= 11 is 0. The van der Waals surface area contributed by atoms with E-state index in [0.717, 1.165) is 0 Å². The van der Waals surface area contributed by atoms with Gasteiger partial charge in [0.1, 0.15) is 12.4 Å². The summed E-state index contributed by atoms with van der Waals surface area (Å²) in [6.07, 6.45) is 0.0315. The first-order valence-electron chi connectivity index (χ1n) is 6.07. The first-order chi connectivity index (χ1) is 9.52. The maximum absolute atomic E-state index is 12.1. The van der Waals surface area contributed by atoms with E-state index in [1.807, 2.05) is 0 Å². The Labute approximate surface area is 115 Å². The summed E-state index contributed by atoms with van der Waals surface area (Å²) in [5.41, 5.74) is 1.36. The van der Waals surface area contributed by atoms with Crippen molar-refractivity contribution in [3.05, 3.63) is 28.8 Å². The van der Waals surface area contributed by atoms with Crippen LogP contribution in [0.15, 0.2) is 12.1 Å². The number of hydrogen-bond acceptors (Lipinski definition) is 6. The van der Waals surface area contributed by atoms with Crippen molar-refractivity contribution in [2.45, 2.75) is 20.0 Å². The maximum atomic E-state index is 12.1. The Kier molecular flexibility index (Phi) is 4.02. The second-order valence-electron chi connectivity index (χ2n) is 4.30. The van der Waals surface area contributed by atoms with E-state index < -0.39 is 11.9 Å². The van der Waals surface area contributed by atoms with Gasteiger partial charge in [-0.15, -0.1) is 0 Å². The Morgan fingerprint density at radius 3 is 2.75 bits per heavy atom. The Balaban J connectivity index is 2.22. The lowest BCUT2D eigenvalue weighted by molar-refractivity contribution is -0.140. The minimum atomic E-state index is -0.448. The highest BCUT2D eigenvalue weighted by atomic mass is 16.5. The zero-order chi connectivity index (χ0) is 14.7. The minimum Gasteiger partial charge on any atom is -0.496 e. The average molecular weight is 278 g/mol. The number of esters is 2. The molecule has 1 aliphatic heterocycles. The molecular formula is C14H14O6. The summed E-state index contributed by atoms with van der Waals surface area (Å²) in [4.78, 5) is 34.3. The molecule has 0 bridgehead atoms. The van der Waals surface area contributed by atoms with Crippen LogP contribution in [-0.2, 0) is 20.9 Å².